The zero-order chi connectivity index (χ0) is 13.8. The van der Waals surface area contributed by atoms with E-state index >= 15 is 0 Å². The Balaban J connectivity index is 2.21. The molecular formula is C12H9F2N3O2. The molecule has 2 N–H and O–H groups in total. The third-order valence-electron chi connectivity index (χ3n) is 2.36. The molecule has 98 valence electrons. The summed E-state index contributed by atoms with van der Waals surface area (Å²) in [5, 5.41) is 11.4. The van der Waals surface area contributed by atoms with Crippen LogP contribution < -0.4 is 5.32 Å². The van der Waals surface area contributed by atoms with E-state index in [2.05, 4.69) is 15.3 Å². The summed E-state index contributed by atoms with van der Waals surface area (Å²) in [5.74, 6) is -3.44. The minimum atomic E-state index is -1.46. The Bertz CT molecular complexity index is 605. The summed E-state index contributed by atoms with van der Waals surface area (Å²) in [7, 11) is 0. The van der Waals surface area contributed by atoms with Crippen molar-refractivity contribution in [2.75, 3.05) is 5.32 Å². The van der Waals surface area contributed by atoms with Crippen LogP contribution >= 0.6 is 0 Å². The molecule has 0 atom stereocenters. The SMILES string of the molecule is O=C(O)c1cc(NCc2cnccn2)c(F)cc1F. The van der Waals surface area contributed by atoms with Gasteiger partial charge in [0.15, 0.2) is 0 Å². The molecule has 2 rings (SSSR count). The third kappa shape index (κ3) is 3.01. The Morgan fingerprint density at radius 1 is 1.26 bits per heavy atom. The minimum Gasteiger partial charge on any atom is -0.478 e. The number of carboxylic acids is 1. The molecule has 0 spiro atoms. The average Bonchev–Trinajstić information content (AvgIpc) is 2.38. The Labute approximate surface area is 106 Å². The first-order valence-electron chi connectivity index (χ1n) is 5.29. The highest BCUT2D eigenvalue weighted by atomic mass is 19.1. The lowest BCUT2D eigenvalue weighted by Crippen LogP contribution is -2.07. The van der Waals surface area contributed by atoms with Crippen molar-refractivity contribution in [3.05, 3.63) is 53.6 Å². The predicted octanol–water partition coefficient (Wildman–Crippen LogP) is 2.07. The van der Waals surface area contributed by atoms with E-state index in [1.165, 1.54) is 18.6 Å². The zero-order valence-corrected chi connectivity index (χ0v) is 9.60. The van der Waals surface area contributed by atoms with Crippen molar-refractivity contribution < 1.29 is 18.7 Å². The van der Waals surface area contributed by atoms with Gasteiger partial charge in [-0.1, -0.05) is 0 Å². The summed E-state index contributed by atoms with van der Waals surface area (Å²) in [5.41, 5.74) is -0.157. The fourth-order valence-electron chi connectivity index (χ4n) is 1.46. The molecule has 1 aromatic carbocycles. The lowest BCUT2D eigenvalue weighted by atomic mass is 10.1. The third-order valence-corrected chi connectivity index (χ3v) is 2.36. The number of hydrogen-bond donors (Lipinski definition) is 2. The first-order chi connectivity index (χ1) is 9.08. The maximum Gasteiger partial charge on any atom is 0.338 e. The van der Waals surface area contributed by atoms with E-state index < -0.39 is 23.2 Å². The summed E-state index contributed by atoms with van der Waals surface area (Å²) < 4.78 is 26.6. The van der Waals surface area contributed by atoms with Crippen LogP contribution in [0.4, 0.5) is 14.5 Å². The van der Waals surface area contributed by atoms with Crippen LogP contribution in [0.25, 0.3) is 0 Å². The predicted molar refractivity (Wildman–Crippen MR) is 62.7 cm³/mol. The van der Waals surface area contributed by atoms with E-state index in [1.807, 2.05) is 0 Å². The van der Waals surface area contributed by atoms with Gasteiger partial charge in [0, 0.05) is 18.5 Å². The molecule has 1 heterocycles. The molecule has 2 aromatic rings. The fraction of sp³-hybridized carbons (Fsp3) is 0.0833. The molecule has 0 aliphatic carbocycles. The lowest BCUT2D eigenvalue weighted by molar-refractivity contribution is 0.0692. The van der Waals surface area contributed by atoms with E-state index in [1.54, 1.807) is 0 Å². The van der Waals surface area contributed by atoms with Gasteiger partial charge in [0.05, 0.1) is 29.7 Å². The maximum absolute atomic E-state index is 13.5. The Morgan fingerprint density at radius 3 is 2.68 bits per heavy atom. The number of halogens is 2. The molecule has 0 aliphatic heterocycles. The molecule has 0 amide bonds. The van der Waals surface area contributed by atoms with Crippen molar-refractivity contribution in [3.8, 4) is 0 Å². The van der Waals surface area contributed by atoms with E-state index in [0.29, 0.717) is 11.8 Å². The molecule has 0 bridgehead atoms. The van der Waals surface area contributed by atoms with Crippen LogP contribution in [0.3, 0.4) is 0 Å². The van der Waals surface area contributed by atoms with Crippen LogP contribution in [0, 0.1) is 11.6 Å². The first kappa shape index (κ1) is 12.9. The topological polar surface area (TPSA) is 75.1 Å². The average molecular weight is 265 g/mol. The van der Waals surface area contributed by atoms with Gasteiger partial charge in [-0.15, -0.1) is 0 Å². The second-order valence-corrected chi connectivity index (χ2v) is 3.67. The number of nitrogens with one attached hydrogen (secondary N) is 1. The normalized spacial score (nSPS) is 10.2. The van der Waals surface area contributed by atoms with Gasteiger partial charge < -0.3 is 10.4 Å². The van der Waals surface area contributed by atoms with Crippen molar-refractivity contribution in [1.82, 2.24) is 9.97 Å². The summed E-state index contributed by atoms with van der Waals surface area (Å²) in [6.07, 6.45) is 4.44. The van der Waals surface area contributed by atoms with Gasteiger partial charge in [-0.25, -0.2) is 13.6 Å². The minimum absolute atomic E-state index is 0.107. The van der Waals surface area contributed by atoms with Crippen molar-refractivity contribution in [3.63, 3.8) is 0 Å². The van der Waals surface area contributed by atoms with Crippen LogP contribution in [0.15, 0.2) is 30.7 Å². The zero-order valence-electron chi connectivity index (χ0n) is 9.60. The highest BCUT2D eigenvalue weighted by molar-refractivity contribution is 5.89. The standard InChI is InChI=1S/C12H9F2N3O2/c13-9-4-10(14)11(3-8(9)12(18)19)17-6-7-5-15-1-2-16-7/h1-5,17H,6H2,(H,18,19). The molecule has 0 radical (unpaired) electrons. The van der Waals surface area contributed by atoms with Crippen LogP contribution in [0.1, 0.15) is 16.1 Å². The number of hydrogen-bond acceptors (Lipinski definition) is 4. The van der Waals surface area contributed by atoms with Crippen LogP contribution in [0.2, 0.25) is 0 Å². The number of anilines is 1. The monoisotopic (exact) mass is 265 g/mol. The van der Waals surface area contributed by atoms with Crippen molar-refractivity contribution in [2.45, 2.75) is 6.54 Å². The van der Waals surface area contributed by atoms with E-state index in [-0.39, 0.29) is 12.2 Å². The van der Waals surface area contributed by atoms with E-state index in [4.69, 9.17) is 5.11 Å². The molecule has 0 unspecified atom stereocenters. The van der Waals surface area contributed by atoms with Crippen molar-refractivity contribution >= 4 is 11.7 Å². The number of carbonyl (C=O) groups is 1. The van der Waals surface area contributed by atoms with Crippen molar-refractivity contribution in [1.29, 1.82) is 0 Å². The molecule has 0 fully saturated rings. The Kier molecular flexibility index (Phi) is 3.65. The van der Waals surface area contributed by atoms with Gasteiger partial charge >= 0.3 is 5.97 Å². The molecule has 7 heteroatoms. The highest BCUT2D eigenvalue weighted by Gasteiger charge is 2.15. The number of benzene rings is 1. The fourth-order valence-corrected chi connectivity index (χ4v) is 1.46. The van der Waals surface area contributed by atoms with Crippen LogP contribution in [-0.2, 0) is 6.54 Å². The second-order valence-electron chi connectivity index (χ2n) is 3.67. The summed E-state index contributed by atoms with van der Waals surface area (Å²) >= 11 is 0. The number of aromatic nitrogens is 2. The largest absolute Gasteiger partial charge is 0.478 e. The van der Waals surface area contributed by atoms with Crippen LogP contribution in [0.5, 0.6) is 0 Å². The molecule has 0 saturated carbocycles. The lowest BCUT2D eigenvalue weighted by Gasteiger charge is -2.08. The number of carboxylic acid groups (broad SMARTS) is 1. The van der Waals surface area contributed by atoms with Crippen molar-refractivity contribution in [2.24, 2.45) is 0 Å². The van der Waals surface area contributed by atoms with Gasteiger partial charge in [-0.05, 0) is 6.07 Å². The number of aromatic carboxylic acids is 1. The van der Waals surface area contributed by atoms with Crippen LogP contribution in [-0.4, -0.2) is 21.0 Å². The van der Waals surface area contributed by atoms with Gasteiger partial charge in [0.25, 0.3) is 0 Å². The first-order valence-corrected chi connectivity index (χ1v) is 5.29. The van der Waals surface area contributed by atoms with Gasteiger partial charge in [-0.2, -0.15) is 0 Å². The summed E-state index contributed by atoms with van der Waals surface area (Å²) in [6.45, 7) is 0.148. The molecule has 0 saturated heterocycles. The van der Waals surface area contributed by atoms with E-state index in [9.17, 15) is 13.6 Å². The summed E-state index contributed by atoms with van der Waals surface area (Å²) in [4.78, 5) is 18.5. The van der Waals surface area contributed by atoms with Gasteiger partial charge in [0.1, 0.15) is 11.6 Å². The molecule has 19 heavy (non-hydrogen) atoms. The van der Waals surface area contributed by atoms with Gasteiger partial charge in [0.2, 0.25) is 0 Å². The second kappa shape index (κ2) is 5.38. The molecule has 1 aromatic heterocycles. The molecular weight excluding hydrogens is 256 g/mol. The quantitative estimate of drug-likeness (QED) is 0.885. The summed E-state index contributed by atoms with van der Waals surface area (Å²) in [6, 6.07) is 1.44. The van der Waals surface area contributed by atoms with Gasteiger partial charge in [-0.3, -0.25) is 9.97 Å². The maximum atomic E-state index is 13.5. The molecule has 5 nitrogen and oxygen atoms in total. The Hall–Kier alpha value is -2.57. The Morgan fingerprint density at radius 2 is 2.05 bits per heavy atom. The highest BCUT2D eigenvalue weighted by Crippen LogP contribution is 2.20. The smallest absolute Gasteiger partial charge is 0.338 e. The van der Waals surface area contributed by atoms with E-state index in [0.717, 1.165) is 6.07 Å². The number of nitrogens with zero attached hydrogens (tertiary/aromatic N) is 2. The number of rotatable bonds is 4. The molecule has 0 aliphatic rings.